The smallest absolute Gasteiger partial charge is 0.303 e. The van der Waals surface area contributed by atoms with Crippen molar-refractivity contribution in [1.82, 2.24) is 4.72 Å². The Balaban J connectivity index is 2.73. The summed E-state index contributed by atoms with van der Waals surface area (Å²) in [5.41, 5.74) is 0. The Labute approximate surface area is 109 Å². The van der Waals surface area contributed by atoms with Crippen molar-refractivity contribution in [2.75, 3.05) is 0 Å². The third-order valence-electron chi connectivity index (χ3n) is 1.94. The predicted octanol–water partition coefficient (Wildman–Crippen LogP) is 1.01. The number of carboxylic acids is 1. The van der Waals surface area contributed by atoms with Crippen LogP contribution in [0.1, 0.15) is 12.8 Å². The van der Waals surface area contributed by atoms with Crippen LogP contribution < -0.4 is 4.72 Å². The molecule has 0 aromatic heterocycles. The van der Waals surface area contributed by atoms with E-state index < -0.39 is 34.7 Å². The number of amides is 1. The van der Waals surface area contributed by atoms with Crippen molar-refractivity contribution < 1.29 is 23.1 Å². The molecular weight excluding hydrogens is 282 g/mol. The fourth-order valence-electron chi connectivity index (χ4n) is 1.09. The molecule has 0 aliphatic heterocycles. The number of carboxylic acid groups (broad SMARTS) is 1. The Morgan fingerprint density at radius 3 is 2.22 bits per heavy atom. The summed E-state index contributed by atoms with van der Waals surface area (Å²) < 4.78 is 25.1. The molecule has 0 bridgehead atoms. The standard InChI is InChI=1S/C10H10ClNO5S/c11-7-1-3-8(4-2-7)18(16,17)12-9(13)5-6-10(14)15/h1-4H,5-6H2,(H,12,13)(H,14,15). The van der Waals surface area contributed by atoms with Crippen LogP contribution in [0, 0.1) is 0 Å². The second-order valence-corrected chi connectivity index (χ2v) is 5.50. The van der Waals surface area contributed by atoms with Crippen LogP contribution in [0.15, 0.2) is 29.2 Å². The summed E-state index contributed by atoms with van der Waals surface area (Å²) in [7, 11) is -3.98. The number of carbonyl (C=O) groups excluding carboxylic acids is 1. The molecule has 2 N–H and O–H groups in total. The Morgan fingerprint density at radius 2 is 1.72 bits per heavy atom. The van der Waals surface area contributed by atoms with Gasteiger partial charge in [-0.2, -0.15) is 0 Å². The number of hydrogen-bond donors (Lipinski definition) is 2. The molecule has 0 fully saturated rings. The molecule has 0 heterocycles. The van der Waals surface area contributed by atoms with Crippen molar-refractivity contribution in [1.29, 1.82) is 0 Å². The first kappa shape index (κ1) is 14.5. The number of sulfonamides is 1. The highest BCUT2D eigenvalue weighted by Crippen LogP contribution is 2.13. The minimum atomic E-state index is -3.98. The van der Waals surface area contributed by atoms with Gasteiger partial charge in [-0.25, -0.2) is 13.1 Å². The molecule has 0 atom stereocenters. The van der Waals surface area contributed by atoms with Gasteiger partial charge in [0.25, 0.3) is 10.0 Å². The van der Waals surface area contributed by atoms with Crippen LogP contribution in [-0.2, 0) is 19.6 Å². The zero-order chi connectivity index (χ0) is 13.8. The van der Waals surface area contributed by atoms with Gasteiger partial charge in [0.2, 0.25) is 5.91 Å². The average molecular weight is 292 g/mol. The van der Waals surface area contributed by atoms with E-state index in [0.717, 1.165) is 0 Å². The summed E-state index contributed by atoms with van der Waals surface area (Å²) in [6.45, 7) is 0. The Hall–Kier alpha value is -1.60. The van der Waals surface area contributed by atoms with Crippen molar-refractivity contribution in [2.24, 2.45) is 0 Å². The molecule has 1 aromatic carbocycles. The van der Waals surface area contributed by atoms with Gasteiger partial charge in [-0.15, -0.1) is 0 Å². The molecule has 0 unspecified atom stereocenters. The number of aliphatic carboxylic acids is 1. The molecule has 0 radical (unpaired) electrons. The zero-order valence-corrected chi connectivity index (χ0v) is 10.7. The van der Waals surface area contributed by atoms with Crippen LogP contribution in [0.3, 0.4) is 0 Å². The van der Waals surface area contributed by atoms with Crippen molar-refractivity contribution in [3.63, 3.8) is 0 Å². The lowest BCUT2D eigenvalue weighted by molar-refractivity contribution is -0.138. The number of carbonyl (C=O) groups is 2. The van der Waals surface area contributed by atoms with Crippen LogP contribution in [-0.4, -0.2) is 25.4 Å². The van der Waals surface area contributed by atoms with Crippen molar-refractivity contribution in [3.05, 3.63) is 29.3 Å². The summed E-state index contributed by atoms with van der Waals surface area (Å²) in [4.78, 5) is 21.3. The molecule has 0 saturated carbocycles. The largest absolute Gasteiger partial charge is 0.481 e. The van der Waals surface area contributed by atoms with E-state index in [-0.39, 0.29) is 4.90 Å². The minimum absolute atomic E-state index is 0.115. The van der Waals surface area contributed by atoms with E-state index in [0.29, 0.717) is 5.02 Å². The average Bonchev–Trinajstić information content (AvgIpc) is 2.26. The molecule has 6 nitrogen and oxygen atoms in total. The molecule has 1 rings (SSSR count). The second kappa shape index (κ2) is 5.83. The lowest BCUT2D eigenvalue weighted by atomic mass is 10.3. The molecule has 98 valence electrons. The predicted molar refractivity (Wildman–Crippen MR) is 63.7 cm³/mol. The first-order valence-electron chi connectivity index (χ1n) is 4.84. The van der Waals surface area contributed by atoms with Crippen LogP contribution in [0.25, 0.3) is 0 Å². The van der Waals surface area contributed by atoms with Gasteiger partial charge in [-0.3, -0.25) is 9.59 Å². The topological polar surface area (TPSA) is 101 Å². The molecule has 0 spiro atoms. The maximum absolute atomic E-state index is 11.7. The van der Waals surface area contributed by atoms with E-state index in [1.807, 2.05) is 0 Å². The van der Waals surface area contributed by atoms with Gasteiger partial charge >= 0.3 is 5.97 Å². The number of rotatable bonds is 5. The zero-order valence-electron chi connectivity index (χ0n) is 9.09. The Kier molecular flexibility index (Phi) is 4.69. The highest BCUT2D eigenvalue weighted by molar-refractivity contribution is 7.90. The van der Waals surface area contributed by atoms with Gasteiger partial charge in [-0.1, -0.05) is 11.6 Å². The molecule has 18 heavy (non-hydrogen) atoms. The summed E-state index contributed by atoms with van der Waals surface area (Å²) in [6.07, 6.45) is -0.829. The molecule has 0 saturated heterocycles. The highest BCUT2D eigenvalue weighted by Gasteiger charge is 2.17. The fraction of sp³-hybridized carbons (Fsp3) is 0.200. The van der Waals surface area contributed by atoms with E-state index in [4.69, 9.17) is 16.7 Å². The maximum atomic E-state index is 11.7. The molecule has 1 amide bonds. The van der Waals surface area contributed by atoms with E-state index >= 15 is 0 Å². The number of halogens is 1. The van der Waals surface area contributed by atoms with Gasteiger partial charge < -0.3 is 5.11 Å². The molecule has 0 aliphatic rings. The summed E-state index contributed by atoms with van der Waals surface area (Å²) in [6, 6.07) is 5.24. The molecule has 0 aliphatic carbocycles. The quantitative estimate of drug-likeness (QED) is 0.843. The molecule has 8 heteroatoms. The third-order valence-corrected chi connectivity index (χ3v) is 3.58. The van der Waals surface area contributed by atoms with Crippen molar-refractivity contribution in [3.8, 4) is 0 Å². The third kappa shape index (κ3) is 4.34. The fourth-order valence-corrected chi connectivity index (χ4v) is 2.23. The highest BCUT2D eigenvalue weighted by atomic mass is 35.5. The first-order chi connectivity index (χ1) is 8.31. The maximum Gasteiger partial charge on any atom is 0.303 e. The van der Waals surface area contributed by atoms with E-state index in [2.05, 4.69) is 0 Å². The first-order valence-corrected chi connectivity index (χ1v) is 6.70. The van der Waals surface area contributed by atoms with E-state index in [1.54, 1.807) is 4.72 Å². The Bertz CT molecular complexity index is 552. The van der Waals surface area contributed by atoms with Gasteiger partial charge in [-0.05, 0) is 24.3 Å². The minimum Gasteiger partial charge on any atom is -0.481 e. The lowest BCUT2D eigenvalue weighted by Gasteiger charge is -2.06. The molecule has 1 aromatic rings. The number of benzene rings is 1. The summed E-state index contributed by atoms with van der Waals surface area (Å²) >= 11 is 5.60. The van der Waals surface area contributed by atoms with E-state index in [9.17, 15) is 18.0 Å². The van der Waals surface area contributed by atoms with Crippen LogP contribution in [0.4, 0.5) is 0 Å². The van der Waals surface area contributed by atoms with Crippen molar-refractivity contribution >= 4 is 33.5 Å². The second-order valence-electron chi connectivity index (χ2n) is 3.38. The van der Waals surface area contributed by atoms with Gasteiger partial charge in [0, 0.05) is 11.4 Å². The monoisotopic (exact) mass is 291 g/mol. The SMILES string of the molecule is O=C(O)CCC(=O)NS(=O)(=O)c1ccc(Cl)cc1. The van der Waals surface area contributed by atoms with Gasteiger partial charge in [0.15, 0.2) is 0 Å². The van der Waals surface area contributed by atoms with Crippen LogP contribution >= 0.6 is 11.6 Å². The lowest BCUT2D eigenvalue weighted by Crippen LogP contribution is -2.30. The normalized spacial score (nSPS) is 10.9. The van der Waals surface area contributed by atoms with Crippen molar-refractivity contribution in [2.45, 2.75) is 17.7 Å². The summed E-state index contributed by atoms with van der Waals surface area (Å²) in [5, 5.41) is 8.73. The number of hydrogen-bond acceptors (Lipinski definition) is 4. The van der Waals surface area contributed by atoms with E-state index in [1.165, 1.54) is 24.3 Å². The van der Waals surface area contributed by atoms with Gasteiger partial charge in [0.1, 0.15) is 0 Å². The number of nitrogens with one attached hydrogen (secondary N) is 1. The van der Waals surface area contributed by atoms with Gasteiger partial charge in [0.05, 0.1) is 11.3 Å². The molecular formula is C10H10ClNO5S. The van der Waals surface area contributed by atoms with Crippen LogP contribution in [0.2, 0.25) is 5.02 Å². The van der Waals surface area contributed by atoms with Crippen LogP contribution in [0.5, 0.6) is 0 Å². The Morgan fingerprint density at radius 1 is 1.17 bits per heavy atom. The summed E-state index contributed by atoms with van der Waals surface area (Å²) in [5.74, 6) is -2.04.